The lowest BCUT2D eigenvalue weighted by atomic mass is 10.1. The molecular formula is C27H27F3N2O5S2. The summed E-state index contributed by atoms with van der Waals surface area (Å²) in [4.78, 5) is 16.1. The molecule has 2 heterocycles. The number of benzene rings is 2. The molecule has 3 aromatic rings. The van der Waals surface area contributed by atoms with Crippen LogP contribution in [0, 0.1) is 0 Å². The Labute approximate surface area is 229 Å². The number of halogens is 3. The van der Waals surface area contributed by atoms with Crippen LogP contribution in [0.3, 0.4) is 0 Å². The number of nitrogens with zero attached hydrogens (tertiary/aromatic N) is 2. The van der Waals surface area contributed by atoms with Crippen LogP contribution < -0.4 is 9.04 Å². The molecule has 7 nitrogen and oxygen atoms in total. The first-order valence-electron chi connectivity index (χ1n) is 12.0. The second-order valence-corrected chi connectivity index (χ2v) is 12.7. The molecule has 0 aliphatic carbocycles. The number of aromatic nitrogens is 1. The van der Waals surface area contributed by atoms with Crippen LogP contribution >= 0.6 is 11.8 Å². The van der Waals surface area contributed by atoms with Crippen molar-refractivity contribution >= 4 is 33.4 Å². The summed E-state index contributed by atoms with van der Waals surface area (Å²) in [6.07, 6.45) is -3.82. The molecule has 0 saturated heterocycles. The largest absolute Gasteiger partial charge is 0.485 e. The number of hydrogen-bond acceptors (Lipinski definition) is 7. The first-order valence-corrected chi connectivity index (χ1v) is 14.4. The lowest BCUT2D eigenvalue weighted by Gasteiger charge is -2.35. The average Bonchev–Trinajstić information content (AvgIpc) is 2.86. The Morgan fingerprint density at radius 3 is 2.54 bits per heavy atom. The summed E-state index contributed by atoms with van der Waals surface area (Å²) in [7, 11) is -4.44. The van der Waals surface area contributed by atoms with Crippen molar-refractivity contribution in [2.75, 3.05) is 16.6 Å². The molecule has 12 heteroatoms. The lowest BCUT2D eigenvalue weighted by Crippen LogP contribution is -2.44. The molecule has 2 aromatic carbocycles. The zero-order chi connectivity index (χ0) is 28.4. The minimum Gasteiger partial charge on any atom is -0.485 e. The topological polar surface area (TPSA) is 85.8 Å². The number of hydrogen-bond donors (Lipinski definition) is 0. The number of alkyl halides is 3. The van der Waals surface area contributed by atoms with Crippen LogP contribution in [0.1, 0.15) is 31.9 Å². The van der Waals surface area contributed by atoms with Gasteiger partial charge in [0.1, 0.15) is 17.5 Å². The molecule has 1 aliphatic heterocycles. The van der Waals surface area contributed by atoms with Crippen molar-refractivity contribution in [1.82, 2.24) is 4.98 Å². The van der Waals surface area contributed by atoms with Crippen LogP contribution in [0.5, 0.6) is 5.75 Å². The summed E-state index contributed by atoms with van der Waals surface area (Å²) in [5.74, 6) is 0.0672. The fourth-order valence-electron chi connectivity index (χ4n) is 3.90. The summed E-state index contributed by atoms with van der Waals surface area (Å²) < 4.78 is 80.1. The van der Waals surface area contributed by atoms with Gasteiger partial charge in [-0.25, -0.2) is 13.4 Å². The molecule has 0 saturated carbocycles. The predicted octanol–water partition coefficient (Wildman–Crippen LogP) is 5.73. The van der Waals surface area contributed by atoms with Crippen LogP contribution in [0.15, 0.2) is 76.8 Å². The minimum absolute atomic E-state index is 0.124. The van der Waals surface area contributed by atoms with Crippen LogP contribution in [0.4, 0.5) is 18.9 Å². The molecule has 0 bridgehead atoms. The predicted molar refractivity (Wildman–Crippen MR) is 141 cm³/mol. The smallest absolute Gasteiger partial charge is 0.416 e. The number of thioether (sulfide) groups is 1. The summed E-state index contributed by atoms with van der Waals surface area (Å²) in [5.41, 5.74) is -1.17. The fourth-order valence-corrected chi connectivity index (χ4v) is 6.28. The van der Waals surface area contributed by atoms with Crippen molar-refractivity contribution in [3.8, 4) is 5.75 Å². The molecule has 0 spiro atoms. The van der Waals surface area contributed by atoms with Crippen molar-refractivity contribution in [3.63, 3.8) is 0 Å². The van der Waals surface area contributed by atoms with E-state index in [1.165, 1.54) is 17.8 Å². The third-order valence-corrected chi connectivity index (χ3v) is 8.38. The average molecular weight is 581 g/mol. The van der Waals surface area contributed by atoms with Crippen LogP contribution in [-0.4, -0.2) is 43.4 Å². The summed E-state index contributed by atoms with van der Waals surface area (Å²) >= 11 is 1.37. The monoisotopic (exact) mass is 580 g/mol. The van der Waals surface area contributed by atoms with Crippen LogP contribution in [0.25, 0.3) is 0 Å². The number of fused-ring (bicyclic) bond motifs is 1. The van der Waals surface area contributed by atoms with Gasteiger partial charge in [0.2, 0.25) is 0 Å². The quantitative estimate of drug-likeness (QED) is 0.261. The second-order valence-electron chi connectivity index (χ2n) is 9.85. The first-order chi connectivity index (χ1) is 18.2. The van der Waals surface area contributed by atoms with E-state index in [1.807, 2.05) is 12.1 Å². The maximum absolute atomic E-state index is 13.8. The van der Waals surface area contributed by atoms with Crippen molar-refractivity contribution in [2.45, 2.75) is 55.0 Å². The Morgan fingerprint density at radius 2 is 1.87 bits per heavy atom. The SMILES string of the molecule is CC(C)(C)OC(=O)Cc1ccc2c(c1)N(S(=O)(=O)c1cccc(C(F)(F)F)c1)C[C@H](CSc1ccccn1)O2. The van der Waals surface area contributed by atoms with Crippen molar-refractivity contribution in [3.05, 3.63) is 78.0 Å². The fraction of sp³-hybridized carbons (Fsp3) is 0.333. The maximum Gasteiger partial charge on any atom is 0.416 e. The number of anilines is 1. The van der Waals surface area contributed by atoms with E-state index >= 15 is 0 Å². The van der Waals surface area contributed by atoms with E-state index in [9.17, 15) is 26.4 Å². The van der Waals surface area contributed by atoms with Crippen LogP contribution in [0.2, 0.25) is 0 Å². The van der Waals surface area contributed by atoms with E-state index in [0.717, 1.165) is 22.5 Å². The Balaban J connectivity index is 1.69. The normalized spacial score (nSPS) is 15.8. The Bertz CT molecular complexity index is 1440. The molecule has 0 amide bonds. The molecule has 0 fully saturated rings. The van der Waals surface area contributed by atoms with Gasteiger partial charge in [0, 0.05) is 11.9 Å². The molecule has 39 heavy (non-hydrogen) atoms. The third kappa shape index (κ3) is 7.24. The van der Waals surface area contributed by atoms with E-state index in [0.29, 0.717) is 22.4 Å². The van der Waals surface area contributed by atoms with Crippen molar-refractivity contribution in [2.24, 2.45) is 0 Å². The summed E-state index contributed by atoms with van der Waals surface area (Å²) in [6.45, 7) is 5.05. The highest BCUT2D eigenvalue weighted by atomic mass is 32.2. The maximum atomic E-state index is 13.8. The summed E-state index contributed by atoms with van der Waals surface area (Å²) in [6, 6.07) is 13.7. The third-order valence-electron chi connectivity index (χ3n) is 5.53. The van der Waals surface area contributed by atoms with Gasteiger partial charge in [-0.1, -0.05) is 18.2 Å². The van der Waals surface area contributed by atoms with Gasteiger partial charge in [-0.15, -0.1) is 11.8 Å². The van der Waals surface area contributed by atoms with E-state index in [4.69, 9.17) is 9.47 Å². The number of pyridine rings is 1. The molecule has 0 radical (unpaired) electrons. The van der Waals surface area contributed by atoms with Crippen molar-refractivity contribution < 1.29 is 35.9 Å². The molecule has 0 unspecified atom stereocenters. The van der Waals surface area contributed by atoms with Crippen molar-refractivity contribution in [1.29, 1.82) is 0 Å². The lowest BCUT2D eigenvalue weighted by molar-refractivity contribution is -0.153. The molecule has 4 rings (SSSR count). The Morgan fingerprint density at radius 1 is 1.10 bits per heavy atom. The zero-order valence-corrected chi connectivity index (χ0v) is 23.1. The number of ether oxygens (including phenoxy) is 2. The Kier molecular flexibility index (Phi) is 8.17. The summed E-state index contributed by atoms with van der Waals surface area (Å²) in [5, 5.41) is 0.715. The number of rotatable bonds is 7. The second kappa shape index (κ2) is 11.1. The van der Waals surface area contributed by atoms with Gasteiger partial charge in [0.15, 0.2) is 0 Å². The highest BCUT2D eigenvalue weighted by molar-refractivity contribution is 7.99. The molecule has 1 atom stereocenters. The van der Waals surface area contributed by atoms with E-state index in [-0.39, 0.29) is 24.4 Å². The van der Waals surface area contributed by atoms with Crippen LogP contribution in [-0.2, 0) is 32.2 Å². The van der Waals surface area contributed by atoms with E-state index in [2.05, 4.69) is 4.98 Å². The van der Waals surface area contributed by atoms with Gasteiger partial charge in [-0.2, -0.15) is 13.2 Å². The van der Waals surface area contributed by atoms with Gasteiger partial charge in [-0.3, -0.25) is 9.10 Å². The zero-order valence-electron chi connectivity index (χ0n) is 21.4. The molecular weight excluding hydrogens is 553 g/mol. The molecule has 0 N–H and O–H groups in total. The Hall–Kier alpha value is -3.25. The molecule has 208 valence electrons. The minimum atomic E-state index is -4.71. The van der Waals surface area contributed by atoms with E-state index < -0.39 is 44.3 Å². The number of esters is 1. The van der Waals surface area contributed by atoms with Gasteiger partial charge < -0.3 is 9.47 Å². The molecule has 1 aromatic heterocycles. The van der Waals surface area contributed by atoms with Gasteiger partial charge in [0.05, 0.1) is 34.1 Å². The van der Waals surface area contributed by atoms with Gasteiger partial charge in [0.25, 0.3) is 10.0 Å². The number of sulfonamides is 1. The number of carbonyl (C=O) groups excluding carboxylic acids is 1. The van der Waals surface area contributed by atoms with Gasteiger partial charge >= 0.3 is 12.1 Å². The highest BCUT2D eigenvalue weighted by Crippen LogP contribution is 2.40. The highest BCUT2D eigenvalue weighted by Gasteiger charge is 2.37. The standard InChI is InChI=1S/C27H27F3N2O5S2/c1-26(2,3)37-25(33)14-18-10-11-23-22(13-18)32(16-20(36-23)17-38-24-9-4-5-12-31-24)39(34,35)21-8-6-7-19(15-21)27(28,29)30/h4-13,15,20H,14,16-17H2,1-3H3/t20-/m1/s1. The first kappa shape index (κ1) is 28.8. The number of carbonyl (C=O) groups is 1. The van der Waals surface area contributed by atoms with Gasteiger partial charge in [-0.05, 0) is 68.8 Å². The van der Waals surface area contributed by atoms with E-state index in [1.54, 1.807) is 45.2 Å². The molecule has 1 aliphatic rings.